The van der Waals surface area contributed by atoms with Gasteiger partial charge in [0.25, 0.3) is 0 Å². The van der Waals surface area contributed by atoms with Gasteiger partial charge in [0.15, 0.2) is 0 Å². The van der Waals surface area contributed by atoms with Crippen LogP contribution in [0.15, 0.2) is 0 Å². The first kappa shape index (κ1) is 12.9. The summed E-state index contributed by atoms with van der Waals surface area (Å²) in [5.74, 6) is 0.238. The summed E-state index contributed by atoms with van der Waals surface area (Å²) >= 11 is 0. The minimum Gasteiger partial charge on any atom is -0.385 e. The molecule has 0 rings (SSSR count). The van der Waals surface area contributed by atoms with Crippen molar-refractivity contribution >= 4 is 9.84 Å². The SMILES string of the molecule is CNC(CCOC)CCS(C)(=O)=O. The van der Waals surface area contributed by atoms with Crippen molar-refractivity contribution in [3.63, 3.8) is 0 Å². The molecule has 0 radical (unpaired) electrons. The molecule has 0 spiro atoms. The van der Waals surface area contributed by atoms with E-state index in [1.165, 1.54) is 6.26 Å². The molecule has 0 aromatic rings. The minimum absolute atomic E-state index is 0.231. The monoisotopic (exact) mass is 209 g/mol. The van der Waals surface area contributed by atoms with Gasteiger partial charge in [0, 0.05) is 26.0 Å². The maximum Gasteiger partial charge on any atom is 0.147 e. The lowest BCUT2D eigenvalue weighted by molar-refractivity contribution is 0.183. The van der Waals surface area contributed by atoms with E-state index in [2.05, 4.69) is 5.32 Å². The smallest absolute Gasteiger partial charge is 0.147 e. The van der Waals surface area contributed by atoms with Gasteiger partial charge in [-0.2, -0.15) is 0 Å². The van der Waals surface area contributed by atoms with Crippen LogP contribution < -0.4 is 5.32 Å². The molecule has 0 amide bonds. The van der Waals surface area contributed by atoms with E-state index in [1.807, 2.05) is 7.05 Å². The lowest BCUT2D eigenvalue weighted by atomic mass is 10.2. The van der Waals surface area contributed by atoms with E-state index >= 15 is 0 Å². The first-order chi connectivity index (χ1) is 5.99. The Kier molecular flexibility index (Phi) is 6.28. The fourth-order valence-electron chi connectivity index (χ4n) is 1.05. The summed E-state index contributed by atoms with van der Waals surface area (Å²) in [5, 5.41) is 3.06. The molecule has 0 fully saturated rings. The minimum atomic E-state index is -2.84. The zero-order valence-electron chi connectivity index (χ0n) is 8.54. The highest BCUT2D eigenvalue weighted by molar-refractivity contribution is 7.90. The highest BCUT2D eigenvalue weighted by Crippen LogP contribution is 2.00. The van der Waals surface area contributed by atoms with E-state index in [4.69, 9.17) is 4.74 Å². The summed E-state index contributed by atoms with van der Waals surface area (Å²) in [6.07, 6.45) is 2.76. The highest BCUT2D eigenvalue weighted by atomic mass is 32.2. The summed E-state index contributed by atoms with van der Waals surface area (Å²) in [6.45, 7) is 0.662. The van der Waals surface area contributed by atoms with Gasteiger partial charge in [-0.25, -0.2) is 8.42 Å². The standard InChI is InChI=1S/C8H19NO3S/c1-9-8(4-6-12-2)5-7-13(3,10)11/h8-9H,4-7H2,1-3H3. The van der Waals surface area contributed by atoms with Gasteiger partial charge in [0.05, 0.1) is 5.75 Å². The summed E-state index contributed by atoms with van der Waals surface area (Å²) in [6, 6.07) is 0.231. The van der Waals surface area contributed by atoms with Gasteiger partial charge < -0.3 is 10.1 Å². The van der Waals surface area contributed by atoms with E-state index < -0.39 is 9.84 Å². The Labute approximate surface area is 80.6 Å². The van der Waals surface area contributed by atoms with Crippen LogP contribution >= 0.6 is 0 Å². The van der Waals surface area contributed by atoms with Gasteiger partial charge in [-0.05, 0) is 19.9 Å². The molecule has 0 aliphatic carbocycles. The molecule has 1 unspecified atom stereocenters. The second kappa shape index (κ2) is 6.34. The average molecular weight is 209 g/mol. The van der Waals surface area contributed by atoms with E-state index in [-0.39, 0.29) is 11.8 Å². The average Bonchev–Trinajstić information content (AvgIpc) is 2.03. The second-order valence-corrected chi connectivity index (χ2v) is 5.45. The molecule has 1 atom stereocenters. The van der Waals surface area contributed by atoms with Crippen molar-refractivity contribution in [3.05, 3.63) is 0 Å². The molecule has 13 heavy (non-hydrogen) atoms. The van der Waals surface area contributed by atoms with Crippen LogP contribution in [-0.2, 0) is 14.6 Å². The van der Waals surface area contributed by atoms with Crippen molar-refractivity contribution in [2.75, 3.05) is 32.8 Å². The third-order valence-corrected chi connectivity index (χ3v) is 2.89. The maximum absolute atomic E-state index is 10.9. The van der Waals surface area contributed by atoms with Crippen molar-refractivity contribution in [3.8, 4) is 0 Å². The Morgan fingerprint density at radius 3 is 2.38 bits per heavy atom. The van der Waals surface area contributed by atoms with Crippen LogP contribution in [0.1, 0.15) is 12.8 Å². The predicted octanol–water partition coefficient (Wildman–Crippen LogP) is 0.0456. The number of hydrogen-bond acceptors (Lipinski definition) is 4. The third kappa shape index (κ3) is 8.21. The summed E-state index contributed by atoms with van der Waals surface area (Å²) < 4.78 is 26.6. The Hall–Kier alpha value is -0.130. The van der Waals surface area contributed by atoms with Crippen molar-refractivity contribution in [1.29, 1.82) is 0 Å². The Morgan fingerprint density at radius 1 is 1.38 bits per heavy atom. The Bertz CT molecular complexity index is 213. The van der Waals surface area contributed by atoms with Gasteiger partial charge in [0.1, 0.15) is 9.84 Å². The van der Waals surface area contributed by atoms with Crippen molar-refractivity contribution in [1.82, 2.24) is 5.32 Å². The zero-order chi connectivity index (χ0) is 10.3. The van der Waals surface area contributed by atoms with Crippen LogP contribution in [0.3, 0.4) is 0 Å². The molecule has 0 aliphatic heterocycles. The molecule has 1 N–H and O–H groups in total. The fourth-order valence-corrected chi connectivity index (χ4v) is 1.76. The topological polar surface area (TPSA) is 55.4 Å². The van der Waals surface area contributed by atoms with E-state index in [9.17, 15) is 8.42 Å². The first-order valence-corrected chi connectivity index (χ1v) is 6.39. The van der Waals surface area contributed by atoms with Gasteiger partial charge in [-0.15, -0.1) is 0 Å². The molecule has 0 saturated heterocycles. The fraction of sp³-hybridized carbons (Fsp3) is 1.00. The number of ether oxygens (including phenoxy) is 1. The molecule has 0 heterocycles. The molecule has 0 bridgehead atoms. The summed E-state index contributed by atoms with van der Waals surface area (Å²) in [5.41, 5.74) is 0. The van der Waals surface area contributed by atoms with Gasteiger partial charge in [-0.3, -0.25) is 0 Å². The van der Waals surface area contributed by atoms with Crippen molar-refractivity contribution in [2.24, 2.45) is 0 Å². The highest BCUT2D eigenvalue weighted by Gasteiger charge is 2.09. The third-order valence-electron chi connectivity index (χ3n) is 1.92. The molecule has 0 saturated carbocycles. The van der Waals surface area contributed by atoms with Gasteiger partial charge in [0.2, 0.25) is 0 Å². The quantitative estimate of drug-likeness (QED) is 0.643. The number of nitrogens with one attached hydrogen (secondary N) is 1. The number of methoxy groups -OCH3 is 1. The van der Waals surface area contributed by atoms with Crippen LogP contribution in [0, 0.1) is 0 Å². The van der Waals surface area contributed by atoms with E-state index in [1.54, 1.807) is 7.11 Å². The molecular formula is C8H19NO3S. The molecular weight excluding hydrogens is 190 g/mol. The first-order valence-electron chi connectivity index (χ1n) is 4.33. The zero-order valence-corrected chi connectivity index (χ0v) is 9.36. The van der Waals surface area contributed by atoms with E-state index in [0.29, 0.717) is 13.0 Å². The van der Waals surface area contributed by atoms with Crippen LogP contribution in [0.2, 0.25) is 0 Å². The van der Waals surface area contributed by atoms with Crippen molar-refractivity contribution in [2.45, 2.75) is 18.9 Å². The molecule has 5 heteroatoms. The molecule has 0 aliphatic rings. The summed E-state index contributed by atoms with van der Waals surface area (Å²) in [7, 11) is 0.643. The molecule has 0 aromatic heterocycles. The van der Waals surface area contributed by atoms with Crippen LogP contribution in [-0.4, -0.2) is 47.2 Å². The lowest BCUT2D eigenvalue weighted by Gasteiger charge is -2.14. The van der Waals surface area contributed by atoms with Crippen LogP contribution in [0.5, 0.6) is 0 Å². The van der Waals surface area contributed by atoms with Crippen LogP contribution in [0.25, 0.3) is 0 Å². The number of rotatable bonds is 7. The lowest BCUT2D eigenvalue weighted by Crippen LogP contribution is -2.28. The van der Waals surface area contributed by atoms with Gasteiger partial charge >= 0.3 is 0 Å². The predicted molar refractivity (Wildman–Crippen MR) is 53.7 cm³/mol. The number of hydrogen-bond donors (Lipinski definition) is 1. The second-order valence-electron chi connectivity index (χ2n) is 3.19. The van der Waals surface area contributed by atoms with Gasteiger partial charge in [-0.1, -0.05) is 0 Å². The maximum atomic E-state index is 10.9. The Balaban J connectivity index is 3.72. The van der Waals surface area contributed by atoms with E-state index in [0.717, 1.165) is 6.42 Å². The van der Waals surface area contributed by atoms with Crippen LogP contribution in [0.4, 0.5) is 0 Å². The normalized spacial score (nSPS) is 14.4. The largest absolute Gasteiger partial charge is 0.385 e. The summed E-state index contributed by atoms with van der Waals surface area (Å²) in [4.78, 5) is 0. The Morgan fingerprint density at radius 2 is 2.00 bits per heavy atom. The molecule has 4 nitrogen and oxygen atoms in total. The number of sulfone groups is 1. The van der Waals surface area contributed by atoms with Crippen molar-refractivity contribution < 1.29 is 13.2 Å². The molecule has 80 valence electrons. The molecule has 0 aromatic carbocycles.